The molecule has 0 aliphatic rings. The normalized spacial score (nSPS) is 14.6. The van der Waals surface area contributed by atoms with Crippen LogP contribution in [0, 0.1) is 5.92 Å². The first-order chi connectivity index (χ1) is 20.8. The molecule has 0 aromatic rings. The number of rotatable bonds is 21. The predicted molar refractivity (Wildman–Crippen MR) is 157 cm³/mol. The predicted octanol–water partition coefficient (Wildman–Crippen LogP) is -5.64. The summed E-state index contributed by atoms with van der Waals surface area (Å²) in [6.45, 7) is 3.42. The fraction of sp³-hybridized carbons (Fsp3) is 0.640. The van der Waals surface area contributed by atoms with Crippen LogP contribution in [0.1, 0.15) is 52.9 Å². The summed E-state index contributed by atoms with van der Waals surface area (Å²) in [6, 6.07) is -5.59. The molecule has 0 aliphatic carbocycles. The molecular formula is C25H44N10O10. The lowest BCUT2D eigenvalue weighted by Crippen LogP contribution is -2.59. The van der Waals surface area contributed by atoms with Crippen molar-refractivity contribution in [1.29, 1.82) is 0 Å². The van der Waals surface area contributed by atoms with Gasteiger partial charge in [-0.2, -0.15) is 0 Å². The van der Waals surface area contributed by atoms with Crippen molar-refractivity contribution in [2.24, 2.45) is 33.8 Å². The van der Waals surface area contributed by atoms with Crippen LogP contribution in [0.2, 0.25) is 0 Å². The molecule has 0 radical (unpaired) electrons. The van der Waals surface area contributed by atoms with E-state index in [9.17, 15) is 43.5 Å². The Bertz CT molecular complexity index is 1130. The van der Waals surface area contributed by atoms with Gasteiger partial charge in [0.05, 0.1) is 19.1 Å². The number of aliphatic hydroxyl groups is 1. The molecule has 20 heteroatoms. The van der Waals surface area contributed by atoms with Crippen LogP contribution in [0.5, 0.6) is 0 Å². The van der Waals surface area contributed by atoms with Crippen molar-refractivity contribution < 1.29 is 48.6 Å². The summed E-state index contributed by atoms with van der Waals surface area (Å²) in [6.07, 6.45) is -2.11. The number of nitrogens with one attached hydrogen (secondary N) is 5. The second-order valence-corrected chi connectivity index (χ2v) is 10.2. The molecule has 15 N–H and O–H groups in total. The number of carboxylic acids is 1. The molecule has 0 rings (SSSR count). The van der Waals surface area contributed by atoms with Crippen LogP contribution in [0.25, 0.3) is 0 Å². The molecule has 0 heterocycles. The van der Waals surface area contributed by atoms with Crippen molar-refractivity contribution in [1.82, 2.24) is 26.6 Å². The van der Waals surface area contributed by atoms with Gasteiger partial charge in [0.25, 0.3) is 0 Å². The van der Waals surface area contributed by atoms with Gasteiger partial charge >= 0.3 is 5.97 Å². The molecule has 6 unspecified atom stereocenters. The Morgan fingerprint density at radius 2 is 1.38 bits per heavy atom. The van der Waals surface area contributed by atoms with Crippen molar-refractivity contribution in [3.63, 3.8) is 0 Å². The largest absolute Gasteiger partial charge is 0.481 e. The van der Waals surface area contributed by atoms with E-state index in [-0.39, 0.29) is 31.8 Å². The van der Waals surface area contributed by atoms with Crippen molar-refractivity contribution >= 4 is 53.3 Å². The average Bonchev–Trinajstić information content (AvgIpc) is 2.93. The number of primary amides is 2. The Morgan fingerprint density at radius 1 is 0.756 bits per heavy atom. The van der Waals surface area contributed by atoms with E-state index in [1.54, 1.807) is 0 Å². The fourth-order valence-corrected chi connectivity index (χ4v) is 3.58. The first kappa shape index (κ1) is 40.0. The third-order valence-electron chi connectivity index (χ3n) is 6.14. The summed E-state index contributed by atoms with van der Waals surface area (Å²) in [7, 11) is 0. The molecule has 0 aromatic heterocycles. The maximum atomic E-state index is 12.9. The molecule has 0 saturated heterocycles. The zero-order valence-electron chi connectivity index (χ0n) is 25.3. The number of carbonyl (C=O) groups is 8. The van der Waals surface area contributed by atoms with Crippen LogP contribution in [0.3, 0.4) is 0 Å². The number of aliphatic carboxylic acids is 1. The number of amides is 7. The molecule has 0 aliphatic heterocycles. The topological polar surface area (TPSA) is 354 Å². The van der Waals surface area contributed by atoms with Crippen LogP contribution in [0.4, 0.5) is 0 Å². The van der Waals surface area contributed by atoms with E-state index in [1.165, 1.54) is 20.8 Å². The molecule has 7 amide bonds. The van der Waals surface area contributed by atoms with Gasteiger partial charge in [0, 0.05) is 18.9 Å². The molecule has 254 valence electrons. The SMILES string of the molecule is CC(CCC(=O)O)C(=O)NC(C(=O)NC(CC(N)=O)C(=O)NC(C)C(=O)NCC(=O)NC(CCCN=C(N)N)C(N)=O)C(C)O. The summed E-state index contributed by atoms with van der Waals surface area (Å²) in [5, 5.41) is 30.2. The minimum absolute atomic E-state index is 0.0456. The first-order valence-electron chi connectivity index (χ1n) is 13.9. The van der Waals surface area contributed by atoms with Gasteiger partial charge in [-0.25, -0.2) is 0 Å². The number of aliphatic hydroxyl groups excluding tert-OH is 1. The number of hydrogen-bond acceptors (Lipinski definition) is 10. The molecule has 45 heavy (non-hydrogen) atoms. The maximum Gasteiger partial charge on any atom is 0.303 e. The van der Waals surface area contributed by atoms with Gasteiger partial charge in [-0.15, -0.1) is 0 Å². The van der Waals surface area contributed by atoms with Crippen molar-refractivity contribution in [2.45, 2.75) is 83.1 Å². The highest BCUT2D eigenvalue weighted by Gasteiger charge is 2.32. The molecule has 0 saturated carbocycles. The van der Waals surface area contributed by atoms with E-state index in [0.29, 0.717) is 6.42 Å². The number of aliphatic imine (C=N–C) groups is 1. The zero-order valence-corrected chi connectivity index (χ0v) is 25.3. The summed E-state index contributed by atoms with van der Waals surface area (Å²) in [5.41, 5.74) is 20.9. The van der Waals surface area contributed by atoms with Crippen molar-refractivity contribution in [3.05, 3.63) is 0 Å². The lowest BCUT2D eigenvalue weighted by molar-refractivity contribution is -0.139. The first-order valence-corrected chi connectivity index (χ1v) is 13.9. The summed E-state index contributed by atoms with van der Waals surface area (Å²) in [4.78, 5) is 101. The van der Waals surface area contributed by atoms with E-state index in [2.05, 4.69) is 31.6 Å². The molecular weight excluding hydrogens is 600 g/mol. The van der Waals surface area contributed by atoms with Crippen LogP contribution < -0.4 is 49.5 Å². The number of nitrogens with zero attached hydrogens (tertiary/aromatic N) is 1. The number of carboxylic acid groups (broad SMARTS) is 1. The number of carbonyl (C=O) groups excluding carboxylic acids is 7. The highest BCUT2D eigenvalue weighted by molar-refractivity contribution is 5.97. The lowest BCUT2D eigenvalue weighted by Gasteiger charge is -2.26. The molecule has 20 nitrogen and oxygen atoms in total. The molecule has 0 spiro atoms. The molecule has 0 aromatic carbocycles. The second kappa shape index (κ2) is 20.0. The van der Waals surface area contributed by atoms with Gasteiger partial charge in [0.15, 0.2) is 5.96 Å². The maximum absolute atomic E-state index is 12.9. The molecule has 0 fully saturated rings. The lowest BCUT2D eigenvalue weighted by atomic mass is 10.0. The van der Waals surface area contributed by atoms with Gasteiger partial charge in [-0.1, -0.05) is 6.92 Å². The highest BCUT2D eigenvalue weighted by atomic mass is 16.4. The van der Waals surface area contributed by atoms with E-state index in [0.717, 1.165) is 0 Å². The van der Waals surface area contributed by atoms with Crippen LogP contribution >= 0.6 is 0 Å². The monoisotopic (exact) mass is 644 g/mol. The Hall–Kier alpha value is -5.01. The van der Waals surface area contributed by atoms with E-state index in [1.807, 2.05) is 0 Å². The van der Waals surface area contributed by atoms with Crippen molar-refractivity contribution in [3.8, 4) is 0 Å². The van der Waals surface area contributed by atoms with Crippen LogP contribution in [-0.4, -0.2) is 107 Å². The minimum atomic E-state index is -1.63. The zero-order chi connectivity index (χ0) is 34.9. The minimum Gasteiger partial charge on any atom is -0.481 e. The van der Waals surface area contributed by atoms with Crippen molar-refractivity contribution in [2.75, 3.05) is 13.1 Å². The summed E-state index contributed by atoms with van der Waals surface area (Å²) >= 11 is 0. The van der Waals surface area contributed by atoms with Crippen LogP contribution in [-0.2, 0) is 38.4 Å². The van der Waals surface area contributed by atoms with E-state index in [4.69, 9.17) is 28.0 Å². The Morgan fingerprint density at radius 3 is 1.89 bits per heavy atom. The number of nitrogens with two attached hydrogens (primary N) is 4. The third-order valence-corrected chi connectivity index (χ3v) is 6.14. The van der Waals surface area contributed by atoms with Gasteiger partial charge in [-0.05, 0) is 33.1 Å². The highest BCUT2D eigenvalue weighted by Crippen LogP contribution is 2.08. The van der Waals surface area contributed by atoms with E-state index < -0.39 is 96.5 Å². The smallest absolute Gasteiger partial charge is 0.303 e. The molecule has 6 atom stereocenters. The van der Waals surface area contributed by atoms with Gasteiger partial charge in [0.1, 0.15) is 24.2 Å². The quantitative estimate of drug-likeness (QED) is 0.0316. The average molecular weight is 645 g/mol. The molecule has 0 bridgehead atoms. The Kier molecular flexibility index (Phi) is 17.8. The fourth-order valence-electron chi connectivity index (χ4n) is 3.58. The number of guanidine groups is 1. The van der Waals surface area contributed by atoms with Gasteiger partial charge < -0.3 is 59.7 Å². The number of hydrogen-bond donors (Lipinski definition) is 11. The van der Waals surface area contributed by atoms with Gasteiger partial charge in [0.2, 0.25) is 41.4 Å². The Balaban J connectivity index is 5.22. The van der Waals surface area contributed by atoms with E-state index >= 15 is 0 Å². The Labute approximate surface area is 258 Å². The second-order valence-electron chi connectivity index (χ2n) is 10.2. The van der Waals surface area contributed by atoms with Crippen LogP contribution in [0.15, 0.2) is 4.99 Å². The van der Waals surface area contributed by atoms with Gasteiger partial charge in [-0.3, -0.25) is 43.3 Å². The standard InChI is InChI=1S/C25H44N10O10/c1-11(6-7-18(39)40)21(42)35-19(13(3)36)24(45)34-15(9-16(26)37)23(44)32-12(2)22(43)31-10-17(38)33-14(20(27)41)5-4-8-30-25(28)29/h11-15,19,36H,4-10H2,1-3H3,(H2,26,37)(H2,27,41)(H,31,43)(H,32,44)(H,33,38)(H,34,45)(H,35,42)(H,39,40)(H4,28,29,30). The summed E-state index contributed by atoms with van der Waals surface area (Å²) < 4.78 is 0. The third kappa shape index (κ3) is 17.0. The summed E-state index contributed by atoms with van der Waals surface area (Å²) in [5.74, 6) is -8.40.